The number of allylic oxidation sites excluding steroid dienone is 22. The molecule has 0 aromatic rings. The van der Waals surface area contributed by atoms with Crippen LogP contribution >= 0.6 is 0 Å². The summed E-state index contributed by atoms with van der Waals surface area (Å²) in [7, 11) is 0. The number of unbranched alkanes of at least 4 members (excludes halogenated alkanes) is 21. The lowest BCUT2D eigenvalue weighted by molar-refractivity contribution is -0.166. The van der Waals surface area contributed by atoms with Gasteiger partial charge in [-0.15, -0.1) is 0 Å². The largest absolute Gasteiger partial charge is 0.462 e. The van der Waals surface area contributed by atoms with E-state index in [1.54, 1.807) is 0 Å². The summed E-state index contributed by atoms with van der Waals surface area (Å²) in [5.74, 6) is -1.07. The normalized spacial score (nSPS) is 13.1. The topological polar surface area (TPSA) is 78.9 Å². The van der Waals surface area contributed by atoms with Crippen LogP contribution in [0.5, 0.6) is 0 Å². The minimum atomic E-state index is -0.847. The van der Waals surface area contributed by atoms with Crippen molar-refractivity contribution < 1.29 is 28.6 Å². The van der Waals surface area contributed by atoms with Crippen LogP contribution in [0.25, 0.3) is 0 Å². The Morgan fingerprint density at radius 2 is 0.560 bits per heavy atom. The van der Waals surface area contributed by atoms with E-state index in [1.807, 2.05) is 12.2 Å². The van der Waals surface area contributed by atoms with Gasteiger partial charge in [-0.2, -0.15) is 0 Å². The molecule has 0 fully saturated rings. The van der Waals surface area contributed by atoms with Gasteiger partial charge >= 0.3 is 17.9 Å². The van der Waals surface area contributed by atoms with Crippen molar-refractivity contribution in [1.29, 1.82) is 0 Å². The lowest BCUT2D eigenvalue weighted by Crippen LogP contribution is -2.30. The third kappa shape index (κ3) is 60.3. The van der Waals surface area contributed by atoms with Gasteiger partial charge in [0, 0.05) is 19.3 Å². The van der Waals surface area contributed by atoms with Crippen LogP contribution in [-0.4, -0.2) is 37.2 Å². The molecule has 6 heteroatoms. The lowest BCUT2D eigenvalue weighted by atomic mass is 10.0. The van der Waals surface area contributed by atoms with Gasteiger partial charge in [0.1, 0.15) is 13.2 Å². The number of carbonyl (C=O) groups excluding carboxylic acids is 3. The van der Waals surface area contributed by atoms with Crippen molar-refractivity contribution >= 4 is 17.9 Å². The Balaban J connectivity index is 4.56. The van der Waals surface area contributed by atoms with E-state index in [2.05, 4.69) is 142 Å². The van der Waals surface area contributed by atoms with Crippen molar-refractivity contribution in [3.05, 3.63) is 134 Å². The number of carbonyl (C=O) groups is 3. The first-order chi connectivity index (χ1) is 37.0. The average molecular weight is 1040 g/mol. The average Bonchev–Trinajstić information content (AvgIpc) is 3.41. The Labute approximate surface area is 462 Å². The molecule has 0 bridgehead atoms. The molecule has 0 aliphatic rings. The van der Waals surface area contributed by atoms with Gasteiger partial charge in [0.15, 0.2) is 6.10 Å². The van der Waals surface area contributed by atoms with Crippen LogP contribution in [0.3, 0.4) is 0 Å². The molecule has 0 aliphatic carbocycles. The van der Waals surface area contributed by atoms with Gasteiger partial charge in [-0.25, -0.2) is 0 Å². The SMILES string of the molecule is CC/C=C\C/C=C\C/C=C\C/C=C\C/C=C\C/C=C\CCC(=O)O[C@H](COC(=O)CCC/C=C\C/C=C\C/C=C\C/C=C\CCCCC)COC(=O)CCCCCCCCCCCCC/C=C\CCCCCCCC. The first-order valence-corrected chi connectivity index (χ1v) is 30.7. The molecule has 6 nitrogen and oxygen atoms in total. The van der Waals surface area contributed by atoms with Crippen LogP contribution in [0.2, 0.25) is 0 Å². The number of hydrogen-bond acceptors (Lipinski definition) is 6. The summed E-state index contributed by atoms with van der Waals surface area (Å²) < 4.78 is 16.8. The number of esters is 3. The van der Waals surface area contributed by atoms with Crippen molar-refractivity contribution in [3.8, 4) is 0 Å². The Morgan fingerprint density at radius 1 is 0.280 bits per heavy atom. The molecular formula is C69H112O6. The predicted octanol–water partition coefficient (Wildman–Crippen LogP) is 21.0. The molecule has 0 saturated heterocycles. The van der Waals surface area contributed by atoms with Crippen LogP contribution < -0.4 is 0 Å². The number of hydrogen-bond donors (Lipinski definition) is 0. The summed E-state index contributed by atoms with van der Waals surface area (Å²) in [6.07, 6.45) is 87.5. The van der Waals surface area contributed by atoms with E-state index in [9.17, 15) is 14.4 Å². The summed E-state index contributed by atoms with van der Waals surface area (Å²) in [4.78, 5) is 38.2. The molecule has 0 N–H and O–H groups in total. The Kier molecular flexibility index (Phi) is 58.4. The monoisotopic (exact) mass is 1040 g/mol. The first-order valence-electron chi connectivity index (χ1n) is 30.7. The van der Waals surface area contributed by atoms with Crippen molar-refractivity contribution in [1.82, 2.24) is 0 Å². The lowest BCUT2D eigenvalue weighted by Gasteiger charge is -2.18. The highest BCUT2D eigenvalue weighted by Gasteiger charge is 2.19. The third-order valence-corrected chi connectivity index (χ3v) is 12.6. The molecular weight excluding hydrogens is 925 g/mol. The van der Waals surface area contributed by atoms with E-state index in [-0.39, 0.29) is 38.0 Å². The molecule has 0 saturated carbocycles. The second-order valence-corrected chi connectivity index (χ2v) is 19.9. The second kappa shape index (κ2) is 62.1. The quantitative estimate of drug-likeness (QED) is 0.0261. The van der Waals surface area contributed by atoms with Gasteiger partial charge in [0.25, 0.3) is 0 Å². The van der Waals surface area contributed by atoms with E-state index < -0.39 is 12.1 Å². The smallest absolute Gasteiger partial charge is 0.306 e. The van der Waals surface area contributed by atoms with E-state index in [1.165, 1.54) is 128 Å². The van der Waals surface area contributed by atoms with Crippen molar-refractivity contribution in [3.63, 3.8) is 0 Å². The van der Waals surface area contributed by atoms with Crippen LogP contribution in [0.1, 0.15) is 265 Å². The molecule has 0 unspecified atom stereocenters. The molecule has 0 heterocycles. The minimum Gasteiger partial charge on any atom is -0.462 e. The Bertz CT molecular complexity index is 1620. The van der Waals surface area contributed by atoms with Gasteiger partial charge in [-0.3, -0.25) is 14.4 Å². The molecule has 0 radical (unpaired) electrons. The van der Waals surface area contributed by atoms with Crippen LogP contribution in [0, 0.1) is 0 Å². The Hall–Kier alpha value is -4.45. The van der Waals surface area contributed by atoms with E-state index >= 15 is 0 Å². The van der Waals surface area contributed by atoms with Gasteiger partial charge in [0.2, 0.25) is 0 Å². The fourth-order valence-electron chi connectivity index (χ4n) is 8.04. The molecule has 1 atom stereocenters. The van der Waals surface area contributed by atoms with Crippen molar-refractivity contribution in [2.75, 3.05) is 13.2 Å². The van der Waals surface area contributed by atoms with Crippen molar-refractivity contribution in [2.45, 2.75) is 271 Å². The highest BCUT2D eigenvalue weighted by molar-refractivity contribution is 5.71. The summed E-state index contributed by atoms with van der Waals surface area (Å²) in [6, 6.07) is 0. The molecule has 424 valence electrons. The summed E-state index contributed by atoms with van der Waals surface area (Å²) in [6.45, 7) is 6.39. The van der Waals surface area contributed by atoms with Gasteiger partial charge in [-0.1, -0.05) is 257 Å². The number of ether oxygens (including phenoxy) is 3. The highest BCUT2D eigenvalue weighted by Crippen LogP contribution is 2.14. The highest BCUT2D eigenvalue weighted by atomic mass is 16.6. The molecule has 0 spiro atoms. The van der Waals surface area contributed by atoms with Crippen LogP contribution in [0.4, 0.5) is 0 Å². The molecule has 0 aromatic carbocycles. The van der Waals surface area contributed by atoms with Crippen LogP contribution in [-0.2, 0) is 28.6 Å². The zero-order valence-corrected chi connectivity index (χ0v) is 48.5. The maximum Gasteiger partial charge on any atom is 0.306 e. The second-order valence-electron chi connectivity index (χ2n) is 19.9. The summed E-state index contributed by atoms with van der Waals surface area (Å²) >= 11 is 0. The minimum absolute atomic E-state index is 0.129. The van der Waals surface area contributed by atoms with E-state index in [0.717, 1.165) is 83.5 Å². The molecule has 0 aromatic heterocycles. The maximum absolute atomic E-state index is 12.9. The maximum atomic E-state index is 12.9. The molecule has 75 heavy (non-hydrogen) atoms. The standard InChI is InChI=1S/C69H112O6/c1-4-7-10-13-16-19-22-25-28-31-33-34-36-38-41-44-47-50-53-56-59-62-68(71)74-65-66(64-73-67(70)61-58-55-52-49-46-43-40-37-30-27-24-21-18-15-12-9-6-3)75-69(72)63-60-57-54-51-48-45-42-39-35-32-29-26-23-20-17-14-11-8-5-2/h8,11,17-18,20-21,25-30,35,39-40,43,45,48-49,52,54,57,66H,4-7,9-10,12-16,19,22-24,31-34,36-38,41-42,44,46-47,50-51,53,55-56,58-65H2,1-3H3/b11-8-,20-17-,21-18-,28-25-,29-26-,30-27-,39-35-,43-40-,48-45-,52-49-,57-54-/t66-/m1/s1. The summed E-state index contributed by atoms with van der Waals surface area (Å²) in [5.41, 5.74) is 0. The Morgan fingerprint density at radius 3 is 0.960 bits per heavy atom. The zero-order valence-electron chi connectivity index (χ0n) is 48.5. The first kappa shape index (κ1) is 70.5. The molecule has 0 aliphatic heterocycles. The van der Waals surface area contributed by atoms with Crippen molar-refractivity contribution in [2.24, 2.45) is 0 Å². The zero-order chi connectivity index (χ0) is 54.3. The fraction of sp³-hybridized carbons (Fsp3) is 0.638. The number of rotatable bonds is 54. The summed E-state index contributed by atoms with van der Waals surface area (Å²) in [5, 5.41) is 0. The fourth-order valence-corrected chi connectivity index (χ4v) is 8.04. The van der Waals surface area contributed by atoms with E-state index in [4.69, 9.17) is 14.2 Å². The van der Waals surface area contributed by atoms with Gasteiger partial charge < -0.3 is 14.2 Å². The molecule has 0 rings (SSSR count). The molecule has 0 amide bonds. The van der Waals surface area contributed by atoms with Gasteiger partial charge in [0.05, 0.1) is 0 Å². The van der Waals surface area contributed by atoms with E-state index in [0.29, 0.717) is 19.3 Å². The van der Waals surface area contributed by atoms with Gasteiger partial charge in [-0.05, 0) is 122 Å². The van der Waals surface area contributed by atoms with Crippen LogP contribution in [0.15, 0.2) is 134 Å². The predicted molar refractivity (Wildman–Crippen MR) is 325 cm³/mol. The third-order valence-electron chi connectivity index (χ3n) is 12.6.